The third-order valence-electron chi connectivity index (χ3n) is 8.86. The molecule has 8 nitrogen and oxygen atoms in total. The van der Waals surface area contributed by atoms with Crippen molar-refractivity contribution < 1.29 is 37.6 Å². The monoisotopic (exact) mass is 741 g/mol. The van der Waals surface area contributed by atoms with Gasteiger partial charge in [0.1, 0.15) is 6.61 Å². The van der Waals surface area contributed by atoms with E-state index in [0.29, 0.717) is 6.42 Å². The number of phosphoric ester groups is 1. The van der Waals surface area contributed by atoms with E-state index in [1.54, 1.807) is 0 Å². The van der Waals surface area contributed by atoms with Gasteiger partial charge in [0.05, 0.1) is 6.61 Å². The van der Waals surface area contributed by atoms with Gasteiger partial charge < -0.3 is 14.4 Å². The Balaban J connectivity index is 4.04. The summed E-state index contributed by atoms with van der Waals surface area (Å²) >= 11 is 0. The molecule has 1 N–H and O–H groups in total. The number of ether oxygens (including phenoxy) is 2. The minimum atomic E-state index is -4.26. The molecule has 0 rings (SSSR count). The van der Waals surface area contributed by atoms with Crippen molar-refractivity contribution in [1.82, 2.24) is 0 Å². The molecule has 9 heteroatoms. The lowest BCUT2D eigenvalue weighted by Gasteiger charge is -2.19. The maximum Gasteiger partial charge on any atom is 0.472 e. The minimum absolute atomic E-state index is 0.232. The molecule has 0 saturated carbocycles. The summed E-state index contributed by atoms with van der Waals surface area (Å²) in [7, 11) is -3.20. The lowest BCUT2D eigenvalue weighted by molar-refractivity contribution is -0.161. The predicted octanol–water partition coefficient (Wildman–Crippen LogP) is 12.8. The molecular formula is C42H77O8P. The Morgan fingerprint density at radius 3 is 1.43 bits per heavy atom. The fourth-order valence-corrected chi connectivity index (χ4v) is 6.08. The third kappa shape index (κ3) is 37.8. The summed E-state index contributed by atoms with van der Waals surface area (Å²) in [6.45, 7) is 3.84. The van der Waals surface area contributed by atoms with Crippen LogP contribution in [0.2, 0.25) is 0 Å². The number of esters is 2. The molecule has 0 aliphatic carbocycles. The van der Waals surface area contributed by atoms with Gasteiger partial charge >= 0.3 is 19.8 Å². The fraction of sp³-hybridized carbons (Fsp3) is 0.810. The standard InChI is InChI=1S/C42H77O8P/c1-4-6-8-10-12-14-16-18-20-21-23-25-27-29-31-33-35-37-42(44)50-40(39-49-51(45,46)47-3)38-48-41(43)36-34-32-30-28-26-24-22-19-17-15-13-11-9-7-5-2/h12,14,18-20,22,40H,4-11,13,15-17,21,23-39H2,1-3H3,(H,45,46)/b14-12-,20-18-,22-19-. The van der Waals surface area contributed by atoms with Gasteiger partial charge in [-0.1, -0.05) is 147 Å². The van der Waals surface area contributed by atoms with Crippen molar-refractivity contribution in [3.05, 3.63) is 36.5 Å². The summed E-state index contributed by atoms with van der Waals surface area (Å²) in [5, 5.41) is 0. The van der Waals surface area contributed by atoms with Gasteiger partial charge in [0.25, 0.3) is 0 Å². The highest BCUT2D eigenvalue weighted by Crippen LogP contribution is 2.42. The molecule has 0 radical (unpaired) electrons. The lowest BCUT2D eigenvalue weighted by Crippen LogP contribution is -2.29. The number of allylic oxidation sites excluding steroid dienone is 6. The molecule has 2 unspecified atom stereocenters. The number of unbranched alkanes of at least 4 members (excludes halogenated alkanes) is 21. The van der Waals surface area contributed by atoms with E-state index in [4.69, 9.17) is 14.0 Å². The first-order valence-corrected chi connectivity index (χ1v) is 22.2. The van der Waals surface area contributed by atoms with E-state index in [1.165, 1.54) is 89.9 Å². The molecule has 0 aliphatic heterocycles. The van der Waals surface area contributed by atoms with Gasteiger partial charge in [-0.2, -0.15) is 0 Å². The van der Waals surface area contributed by atoms with Crippen LogP contribution in [0.3, 0.4) is 0 Å². The molecule has 0 bridgehead atoms. The van der Waals surface area contributed by atoms with E-state index in [2.05, 4.69) is 54.8 Å². The SMILES string of the molecule is CCCCC/C=C\C/C=C\CCCCCCCCCC(=O)OC(COC(=O)CCCCCCC/C=C\CCCCCCCC)COP(=O)(O)OC. The molecule has 0 spiro atoms. The summed E-state index contributed by atoms with van der Waals surface area (Å²) in [6, 6.07) is 0. The summed E-state index contributed by atoms with van der Waals surface area (Å²) in [6.07, 6.45) is 43.3. The van der Waals surface area contributed by atoms with Crippen molar-refractivity contribution >= 4 is 19.8 Å². The summed E-state index contributed by atoms with van der Waals surface area (Å²) in [5.74, 6) is -0.821. The van der Waals surface area contributed by atoms with Gasteiger partial charge in [0.2, 0.25) is 0 Å². The second-order valence-electron chi connectivity index (χ2n) is 13.8. The molecule has 0 saturated heterocycles. The van der Waals surface area contributed by atoms with Crippen molar-refractivity contribution in [2.75, 3.05) is 20.3 Å². The van der Waals surface area contributed by atoms with E-state index < -0.39 is 26.5 Å². The second kappa shape index (κ2) is 38.0. The molecular weight excluding hydrogens is 663 g/mol. The Morgan fingerprint density at radius 2 is 0.941 bits per heavy atom. The third-order valence-corrected chi connectivity index (χ3v) is 9.79. The van der Waals surface area contributed by atoms with Crippen LogP contribution in [-0.4, -0.2) is 43.3 Å². The van der Waals surface area contributed by atoms with Crippen LogP contribution in [-0.2, 0) is 32.7 Å². The van der Waals surface area contributed by atoms with Crippen molar-refractivity contribution in [1.29, 1.82) is 0 Å². The van der Waals surface area contributed by atoms with Gasteiger partial charge in [-0.25, -0.2) is 4.57 Å². The van der Waals surface area contributed by atoms with E-state index >= 15 is 0 Å². The largest absolute Gasteiger partial charge is 0.472 e. The van der Waals surface area contributed by atoms with E-state index in [0.717, 1.165) is 77.7 Å². The first-order chi connectivity index (χ1) is 24.8. The van der Waals surface area contributed by atoms with Gasteiger partial charge in [0, 0.05) is 20.0 Å². The van der Waals surface area contributed by atoms with Crippen LogP contribution < -0.4 is 0 Å². The number of carbonyl (C=O) groups excluding carboxylic acids is 2. The summed E-state index contributed by atoms with van der Waals surface area (Å²) in [4.78, 5) is 34.4. The van der Waals surface area contributed by atoms with Gasteiger partial charge in [-0.15, -0.1) is 0 Å². The molecule has 51 heavy (non-hydrogen) atoms. The highest BCUT2D eigenvalue weighted by molar-refractivity contribution is 7.47. The zero-order chi connectivity index (χ0) is 37.5. The molecule has 0 heterocycles. The van der Waals surface area contributed by atoms with Crippen LogP contribution >= 0.6 is 7.82 Å². The molecule has 0 aromatic rings. The summed E-state index contributed by atoms with van der Waals surface area (Å²) in [5.41, 5.74) is 0. The smallest absolute Gasteiger partial charge is 0.462 e. The minimum Gasteiger partial charge on any atom is -0.462 e. The number of hydrogen-bond donors (Lipinski definition) is 1. The second-order valence-corrected chi connectivity index (χ2v) is 15.3. The van der Waals surface area contributed by atoms with Crippen molar-refractivity contribution in [2.24, 2.45) is 0 Å². The van der Waals surface area contributed by atoms with E-state index in [1.807, 2.05) is 0 Å². The van der Waals surface area contributed by atoms with Crippen molar-refractivity contribution in [2.45, 2.75) is 200 Å². The summed E-state index contributed by atoms with van der Waals surface area (Å²) < 4.78 is 31.9. The van der Waals surface area contributed by atoms with Crippen LogP contribution in [0.1, 0.15) is 194 Å². The lowest BCUT2D eigenvalue weighted by atomic mass is 10.1. The van der Waals surface area contributed by atoms with Crippen molar-refractivity contribution in [3.63, 3.8) is 0 Å². The molecule has 0 aromatic heterocycles. The van der Waals surface area contributed by atoms with Gasteiger partial charge in [-0.3, -0.25) is 18.6 Å². The first kappa shape index (κ1) is 49.3. The van der Waals surface area contributed by atoms with Gasteiger partial charge in [0.15, 0.2) is 6.10 Å². The van der Waals surface area contributed by atoms with E-state index in [-0.39, 0.29) is 25.4 Å². The first-order valence-electron chi connectivity index (χ1n) is 20.7. The van der Waals surface area contributed by atoms with Crippen molar-refractivity contribution in [3.8, 4) is 0 Å². The molecule has 0 aromatic carbocycles. The highest BCUT2D eigenvalue weighted by atomic mass is 31.2. The number of phosphoric acid groups is 1. The predicted molar refractivity (Wildman–Crippen MR) is 212 cm³/mol. The highest BCUT2D eigenvalue weighted by Gasteiger charge is 2.24. The average molecular weight is 741 g/mol. The van der Waals surface area contributed by atoms with Crippen LogP contribution in [0, 0.1) is 0 Å². The average Bonchev–Trinajstić information content (AvgIpc) is 3.12. The Kier molecular flexibility index (Phi) is 36.7. The topological polar surface area (TPSA) is 108 Å². The quantitative estimate of drug-likeness (QED) is 0.0288. The zero-order valence-electron chi connectivity index (χ0n) is 33.0. The van der Waals surface area contributed by atoms with Crippen LogP contribution in [0.5, 0.6) is 0 Å². The molecule has 0 amide bonds. The molecule has 2 atom stereocenters. The zero-order valence-corrected chi connectivity index (χ0v) is 33.9. The maximum atomic E-state index is 12.5. The number of hydrogen-bond acceptors (Lipinski definition) is 7. The molecule has 0 fully saturated rings. The molecule has 0 aliphatic rings. The molecule has 298 valence electrons. The maximum absolute atomic E-state index is 12.5. The Labute approximate surface area is 313 Å². The van der Waals surface area contributed by atoms with Crippen LogP contribution in [0.4, 0.5) is 0 Å². The van der Waals surface area contributed by atoms with Crippen LogP contribution in [0.25, 0.3) is 0 Å². The number of carbonyl (C=O) groups is 2. The Morgan fingerprint density at radius 1 is 0.549 bits per heavy atom. The Bertz CT molecular complexity index is 932. The van der Waals surface area contributed by atoms with E-state index in [9.17, 15) is 19.0 Å². The number of rotatable bonds is 38. The normalized spacial score (nSPS) is 13.7. The van der Waals surface area contributed by atoms with Gasteiger partial charge in [-0.05, 0) is 70.6 Å². The fourth-order valence-electron chi connectivity index (χ4n) is 5.62. The van der Waals surface area contributed by atoms with Crippen LogP contribution in [0.15, 0.2) is 36.5 Å². The Hall–Kier alpha value is -1.73.